The van der Waals surface area contributed by atoms with Gasteiger partial charge in [-0.3, -0.25) is 0 Å². The van der Waals surface area contributed by atoms with Gasteiger partial charge in [-0.1, -0.05) is 39.5 Å². The number of hydrogen-bond donors (Lipinski definition) is 0. The zero-order valence-corrected chi connectivity index (χ0v) is 12.3. The van der Waals surface area contributed by atoms with E-state index in [2.05, 4.69) is 39.2 Å². The van der Waals surface area contributed by atoms with Crippen LogP contribution in [0.4, 0.5) is 0 Å². The summed E-state index contributed by atoms with van der Waals surface area (Å²) >= 11 is 0. The van der Waals surface area contributed by atoms with Crippen molar-refractivity contribution in [3.8, 4) is 11.8 Å². The van der Waals surface area contributed by atoms with Crippen LogP contribution in [0.25, 0.3) is 0 Å². The highest BCUT2D eigenvalue weighted by Gasteiger charge is 2.35. The first-order chi connectivity index (χ1) is 7.56. The molecule has 1 atom stereocenters. The van der Waals surface area contributed by atoms with Crippen LogP contribution in [0.5, 0.6) is 0 Å². The smallest absolute Gasteiger partial charge is 0.191 e. The second-order valence-electron chi connectivity index (χ2n) is 5.57. The molecule has 1 fully saturated rings. The highest BCUT2D eigenvalue weighted by molar-refractivity contribution is 6.73. The molecule has 2 heteroatoms. The van der Waals surface area contributed by atoms with E-state index in [4.69, 9.17) is 4.43 Å². The van der Waals surface area contributed by atoms with Crippen LogP contribution in [0, 0.1) is 17.8 Å². The first kappa shape index (κ1) is 13.8. The summed E-state index contributed by atoms with van der Waals surface area (Å²) in [5, 5.41) is 0. The van der Waals surface area contributed by atoms with Gasteiger partial charge in [0, 0.05) is 6.42 Å². The van der Waals surface area contributed by atoms with Crippen LogP contribution in [0.3, 0.4) is 0 Å². The fraction of sp³-hybridized carbons (Fsp3) is 0.857. The Balaban J connectivity index is 2.54. The SMILES string of the molecule is CCC#CC(CC(C)C)O[Si]1(C)CCCC1. The molecule has 1 nitrogen and oxygen atoms in total. The Kier molecular flexibility index (Phi) is 5.58. The third-order valence-corrected chi connectivity index (χ3v) is 6.89. The average Bonchev–Trinajstić information content (AvgIpc) is 2.60. The molecular weight excluding hydrogens is 212 g/mol. The van der Waals surface area contributed by atoms with E-state index in [9.17, 15) is 0 Å². The van der Waals surface area contributed by atoms with Crippen molar-refractivity contribution in [3.05, 3.63) is 0 Å². The molecule has 92 valence electrons. The summed E-state index contributed by atoms with van der Waals surface area (Å²) in [5.41, 5.74) is 0. The van der Waals surface area contributed by atoms with Gasteiger partial charge in [0.15, 0.2) is 8.32 Å². The monoisotopic (exact) mass is 238 g/mol. The minimum atomic E-state index is -1.37. The Morgan fingerprint density at radius 2 is 1.88 bits per heavy atom. The molecule has 0 radical (unpaired) electrons. The predicted molar refractivity (Wildman–Crippen MR) is 72.9 cm³/mol. The van der Waals surface area contributed by atoms with Gasteiger partial charge in [0.05, 0.1) is 0 Å². The molecule has 1 rings (SSSR count). The van der Waals surface area contributed by atoms with Crippen molar-refractivity contribution in [2.24, 2.45) is 5.92 Å². The quantitative estimate of drug-likeness (QED) is 0.527. The van der Waals surface area contributed by atoms with Gasteiger partial charge in [0.25, 0.3) is 0 Å². The number of rotatable bonds is 4. The summed E-state index contributed by atoms with van der Waals surface area (Å²) in [6, 6.07) is 2.69. The second-order valence-corrected chi connectivity index (χ2v) is 9.70. The van der Waals surface area contributed by atoms with E-state index >= 15 is 0 Å². The van der Waals surface area contributed by atoms with Gasteiger partial charge in [0.2, 0.25) is 0 Å². The lowest BCUT2D eigenvalue weighted by molar-refractivity contribution is 0.218. The molecule has 1 aliphatic rings. The minimum absolute atomic E-state index is 0.203. The van der Waals surface area contributed by atoms with Crippen LogP contribution in [0.2, 0.25) is 18.6 Å². The summed E-state index contributed by atoms with van der Waals surface area (Å²) in [4.78, 5) is 0. The predicted octanol–water partition coefficient (Wildman–Crippen LogP) is 4.20. The van der Waals surface area contributed by atoms with E-state index in [0.29, 0.717) is 5.92 Å². The maximum atomic E-state index is 6.38. The fourth-order valence-electron chi connectivity index (χ4n) is 2.36. The molecule has 0 bridgehead atoms. The van der Waals surface area contributed by atoms with Gasteiger partial charge in [-0.15, -0.1) is 5.92 Å². The van der Waals surface area contributed by atoms with Crippen LogP contribution >= 0.6 is 0 Å². The molecule has 0 saturated carbocycles. The number of hydrogen-bond acceptors (Lipinski definition) is 1. The third kappa shape index (κ3) is 4.72. The zero-order chi connectivity index (χ0) is 12.0. The highest BCUT2D eigenvalue weighted by atomic mass is 28.4. The first-order valence-corrected chi connectivity index (χ1v) is 9.54. The van der Waals surface area contributed by atoms with E-state index in [0.717, 1.165) is 12.8 Å². The summed E-state index contributed by atoms with van der Waals surface area (Å²) in [6.45, 7) is 9.00. The largest absolute Gasteiger partial charge is 0.404 e. The maximum absolute atomic E-state index is 6.38. The van der Waals surface area contributed by atoms with Crippen LogP contribution in [0.15, 0.2) is 0 Å². The normalized spacial score (nSPS) is 20.6. The van der Waals surface area contributed by atoms with Crippen LogP contribution in [-0.4, -0.2) is 14.4 Å². The van der Waals surface area contributed by atoms with Gasteiger partial charge in [-0.25, -0.2) is 0 Å². The molecule has 0 N–H and O–H groups in total. The fourth-order valence-corrected chi connectivity index (χ4v) is 5.69. The maximum Gasteiger partial charge on any atom is 0.191 e. The highest BCUT2D eigenvalue weighted by Crippen LogP contribution is 2.32. The van der Waals surface area contributed by atoms with Crippen molar-refractivity contribution >= 4 is 8.32 Å². The molecule has 1 aliphatic heterocycles. The molecular formula is C14H26OSi. The van der Waals surface area contributed by atoms with E-state index < -0.39 is 8.32 Å². The Bertz CT molecular complexity index is 256. The van der Waals surface area contributed by atoms with Crippen molar-refractivity contribution in [2.45, 2.75) is 71.2 Å². The van der Waals surface area contributed by atoms with Crippen molar-refractivity contribution in [1.82, 2.24) is 0 Å². The Hall–Kier alpha value is -0.263. The summed E-state index contributed by atoms with van der Waals surface area (Å²) in [5.74, 6) is 7.18. The second kappa shape index (κ2) is 6.47. The lowest BCUT2D eigenvalue weighted by atomic mass is 10.1. The van der Waals surface area contributed by atoms with E-state index in [1.165, 1.54) is 24.9 Å². The minimum Gasteiger partial charge on any atom is -0.404 e. The van der Waals surface area contributed by atoms with Gasteiger partial charge in [-0.2, -0.15) is 0 Å². The van der Waals surface area contributed by atoms with Crippen molar-refractivity contribution in [3.63, 3.8) is 0 Å². The van der Waals surface area contributed by atoms with Crippen molar-refractivity contribution in [1.29, 1.82) is 0 Å². The van der Waals surface area contributed by atoms with E-state index in [1.54, 1.807) is 0 Å². The lowest BCUT2D eigenvalue weighted by Gasteiger charge is -2.27. The summed E-state index contributed by atoms with van der Waals surface area (Å²) in [7, 11) is -1.37. The van der Waals surface area contributed by atoms with E-state index in [-0.39, 0.29) is 6.10 Å². The third-order valence-electron chi connectivity index (χ3n) is 3.21. The van der Waals surface area contributed by atoms with Crippen molar-refractivity contribution in [2.75, 3.05) is 0 Å². The Morgan fingerprint density at radius 1 is 1.25 bits per heavy atom. The standard InChI is InChI=1S/C14H26OSi/c1-5-6-9-14(12-13(2)3)15-16(4)10-7-8-11-16/h13-14H,5,7-8,10-12H2,1-4H3. The molecule has 0 aromatic rings. The summed E-state index contributed by atoms with van der Waals surface area (Å²) in [6.07, 6.45) is 4.98. The van der Waals surface area contributed by atoms with Gasteiger partial charge in [0.1, 0.15) is 6.10 Å². The summed E-state index contributed by atoms with van der Waals surface area (Å²) < 4.78 is 6.38. The van der Waals surface area contributed by atoms with Crippen LogP contribution < -0.4 is 0 Å². The Labute approximate surface area is 102 Å². The van der Waals surface area contributed by atoms with Crippen LogP contribution in [0.1, 0.15) is 46.5 Å². The first-order valence-electron chi connectivity index (χ1n) is 6.72. The van der Waals surface area contributed by atoms with Gasteiger partial charge >= 0.3 is 0 Å². The van der Waals surface area contributed by atoms with Crippen LogP contribution in [-0.2, 0) is 4.43 Å². The van der Waals surface area contributed by atoms with E-state index in [1.807, 2.05) is 0 Å². The molecule has 0 amide bonds. The zero-order valence-electron chi connectivity index (χ0n) is 11.3. The lowest BCUT2D eigenvalue weighted by Crippen LogP contribution is -2.35. The molecule has 1 heterocycles. The van der Waals surface area contributed by atoms with Crippen molar-refractivity contribution < 1.29 is 4.43 Å². The van der Waals surface area contributed by atoms with Gasteiger partial charge < -0.3 is 4.43 Å². The Morgan fingerprint density at radius 3 is 2.38 bits per heavy atom. The molecule has 0 aliphatic carbocycles. The molecule has 0 spiro atoms. The molecule has 0 aromatic carbocycles. The molecule has 1 unspecified atom stereocenters. The molecule has 1 saturated heterocycles. The topological polar surface area (TPSA) is 9.23 Å². The molecule has 0 aromatic heterocycles. The van der Waals surface area contributed by atoms with Gasteiger partial charge in [-0.05, 0) is 31.0 Å². The molecule has 16 heavy (non-hydrogen) atoms. The average molecular weight is 238 g/mol.